The Morgan fingerprint density at radius 3 is 2.71 bits per heavy atom. The fraction of sp³-hybridized carbons (Fsp3) is 0.250. The van der Waals surface area contributed by atoms with Crippen molar-refractivity contribution in [1.29, 1.82) is 0 Å². The predicted octanol–water partition coefficient (Wildman–Crippen LogP) is 2.60. The lowest BCUT2D eigenvalue weighted by Gasteiger charge is -2.12. The number of aliphatic hydroxyl groups is 1. The highest BCUT2D eigenvalue weighted by Gasteiger charge is 2.19. The number of hydrogen-bond donors (Lipinski definition) is 1. The predicted molar refractivity (Wildman–Crippen MR) is 63.4 cm³/mol. The molecule has 2 aromatic rings. The number of benzene rings is 1. The summed E-state index contributed by atoms with van der Waals surface area (Å²) in [4.78, 5) is 0. The number of aromatic nitrogens is 2. The molecule has 1 aromatic heterocycles. The highest BCUT2D eigenvalue weighted by Crippen LogP contribution is 2.30. The van der Waals surface area contributed by atoms with Crippen molar-refractivity contribution in [1.82, 2.24) is 9.78 Å². The molecule has 3 nitrogen and oxygen atoms in total. The molecule has 0 spiro atoms. The summed E-state index contributed by atoms with van der Waals surface area (Å²) in [7, 11) is 1.78. The summed E-state index contributed by atoms with van der Waals surface area (Å²) in [5.41, 5.74) is 1.79. The molecule has 0 saturated carbocycles. The van der Waals surface area contributed by atoms with Crippen LogP contribution >= 0.6 is 11.6 Å². The van der Waals surface area contributed by atoms with E-state index in [1.165, 1.54) is 18.2 Å². The first kappa shape index (κ1) is 12.1. The smallest absolute Gasteiger partial charge is 0.123 e. The van der Waals surface area contributed by atoms with Gasteiger partial charge in [0.05, 0.1) is 6.20 Å². The molecule has 17 heavy (non-hydrogen) atoms. The minimum Gasteiger partial charge on any atom is -0.383 e. The summed E-state index contributed by atoms with van der Waals surface area (Å²) in [6.45, 7) is 1.83. The van der Waals surface area contributed by atoms with E-state index in [-0.39, 0.29) is 0 Å². The molecule has 5 heteroatoms. The van der Waals surface area contributed by atoms with Gasteiger partial charge in [-0.2, -0.15) is 5.10 Å². The maximum absolute atomic E-state index is 13.1. The Morgan fingerprint density at radius 2 is 2.12 bits per heavy atom. The highest BCUT2D eigenvalue weighted by molar-refractivity contribution is 6.31. The molecule has 0 radical (unpaired) electrons. The van der Waals surface area contributed by atoms with Crippen molar-refractivity contribution in [3.8, 4) is 0 Å². The Morgan fingerprint density at radius 1 is 1.41 bits per heavy atom. The number of aryl methyl sites for hydroxylation is 1. The normalized spacial score (nSPS) is 12.8. The molecule has 1 aromatic carbocycles. The molecule has 2 rings (SSSR count). The highest BCUT2D eigenvalue weighted by atomic mass is 35.5. The lowest BCUT2D eigenvalue weighted by Crippen LogP contribution is -2.03. The molecule has 0 aliphatic heterocycles. The van der Waals surface area contributed by atoms with E-state index >= 15 is 0 Å². The fourth-order valence-electron chi connectivity index (χ4n) is 1.68. The first-order valence-corrected chi connectivity index (χ1v) is 5.50. The summed E-state index contributed by atoms with van der Waals surface area (Å²) in [6, 6.07) is 3.93. The Labute approximate surface area is 103 Å². The number of rotatable bonds is 2. The van der Waals surface area contributed by atoms with E-state index in [9.17, 15) is 9.50 Å². The second-order valence-corrected chi connectivity index (χ2v) is 4.28. The largest absolute Gasteiger partial charge is 0.383 e. The SMILES string of the molecule is Cc1c(C(O)c2cc(F)ccc2Cl)cnn1C. The number of aliphatic hydroxyl groups excluding tert-OH is 1. The minimum absolute atomic E-state index is 0.335. The van der Waals surface area contributed by atoms with Crippen LogP contribution in [0.1, 0.15) is 22.9 Å². The standard InChI is InChI=1S/C12H12ClFN2O/c1-7-10(6-15-16(7)2)12(17)9-5-8(14)3-4-11(9)13/h3-6,12,17H,1-2H3. The van der Waals surface area contributed by atoms with Crippen LogP contribution in [0.5, 0.6) is 0 Å². The molecule has 0 bridgehead atoms. The van der Waals surface area contributed by atoms with Gasteiger partial charge in [0.15, 0.2) is 0 Å². The summed E-state index contributed by atoms with van der Waals surface area (Å²) >= 11 is 5.95. The third-order valence-electron chi connectivity index (χ3n) is 2.82. The van der Waals surface area contributed by atoms with Crippen LogP contribution in [-0.2, 0) is 7.05 Å². The molecule has 1 heterocycles. The summed E-state index contributed by atoms with van der Waals surface area (Å²) in [5.74, 6) is -0.426. The lowest BCUT2D eigenvalue weighted by atomic mass is 10.0. The zero-order valence-corrected chi connectivity index (χ0v) is 10.2. The van der Waals surface area contributed by atoms with Crippen molar-refractivity contribution < 1.29 is 9.50 Å². The topological polar surface area (TPSA) is 38.1 Å². The van der Waals surface area contributed by atoms with Crippen LogP contribution in [-0.4, -0.2) is 14.9 Å². The Hall–Kier alpha value is -1.39. The molecular weight excluding hydrogens is 243 g/mol. The van der Waals surface area contributed by atoms with Gasteiger partial charge in [-0.3, -0.25) is 4.68 Å². The van der Waals surface area contributed by atoms with Gasteiger partial charge >= 0.3 is 0 Å². The van der Waals surface area contributed by atoms with E-state index in [4.69, 9.17) is 11.6 Å². The first-order valence-electron chi connectivity index (χ1n) is 5.12. The third-order valence-corrected chi connectivity index (χ3v) is 3.16. The van der Waals surface area contributed by atoms with E-state index in [1.807, 2.05) is 6.92 Å². The van der Waals surface area contributed by atoms with E-state index < -0.39 is 11.9 Å². The monoisotopic (exact) mass is 254 g/mol. The van der Waals surface area contributed by atoms with Gasteiger partial charge in [-0.05, 0) is 25.1 Å². The van der Waals surface area contributed by atoms with Gasteiger partial charge < -0.3 is 5.11 Å². The zero-order chi connectivity index (χ0) is 12.6. The molecule has 90 valence electrons. The minimum atomic E-state index is -0.966. The summed E-state index contributed by atoms with van der Waals surface area (Å²) in [6.07, 6.45) is 0.591. The molecule has 1 atom stereocenters. The van der Waals surface area contributed by atoms with Crippen molar-refractivity contribution in [2.75, 3.05) is 0 Å². The molecule has 0 amide bonds. The quantitative estimate of drug-likeness (QED) is 0.895. The molecular formula is C12H12ClFN2O. The molecule has 0 saturated heterocycles. The van der Waals surface area contributed by atoms with E-state index in [2.05, 4.69) is 5.10 Å². The van der Waals surface area contributed by atoms with Crippen molar-refractivity contribution in [2.45, 2.75) is 13.0 Å². The van der Waals surface area contributed by atoms with Gasteiger partial charge in [-0.25, -0.2) is 4.39 Å². The molecule has 0 aliphatic rings. The van der Waals surface area contributed by atoms with Gasteiger partial charge in [-0.15, -0.1) is 0 Å². The van der Waals surface area contributed by atoms with E-state index in [1.54, 1.807) is 17.9 Å². The van der Waals surface area contributed by atoms with Crippen LogP contribution in [0.25, 0.3) is 0 Å². The van der Waals surface area contributed by atoms with Crippen molar-refractivity contribution in [3.63, 3.8) is 0 Å². The van der Waals surface area contributed by atoms with E-state index in [0.717, 1.165) is 5.69 Å². The second kappa shape index (κ2) is 4.47. The maximum Gasteiger partial charge on any atom is 0.123 e. The van der Waals surface area contributed by atoms with Crippen molar-refractivity contribution in [2.24, 2.45) is 7.05 Å². The average Bonchev–Trinajstić information content (AvgIpc) is 2.62. The van der Waals surface area contributed by atoms with Crippen LogP contribution in [0.4, 0.5) is 4.39 Å². The Kier molecular flexibility index (Phi) is 3.17. The van der Waals surface area contributed by atoms with Gasteiger partial charge in [0, 0.05) is 28.9 Å². The van der Waals surface area contributed by atoms with Gasteiger partial charge in [0.1, 0.15) is 11.9 Å². The van der Waals surface area contributed by atoms with E-state index in [0.29, 0.717) is 16.1 Å². The van der Waals surface area contributed by atoms with Gasteiger partial charge in [0.2, 0.25) is 0 Å². The van der Waals surface area contributed by atoms with Crippen LogP contribution in [0, 0.1) is 12.7 Å². The summed E-state index contributed by atoms with van der Waals surface area (Å²) < 4.78 is 14.8. The number of halogens is 2. The Balaban J connectivity index is 2.47. The van der Waals surface area contributed by atoms with Crippen molar-refractivity contribution in [3.05, 3.63) is 52.1 Å². The lowest BCUT2D eigenvalue weighted by molar-refractivity contribution is 0.219. The zero-order valence-electron chi connectivity index (χ0n) is 9.48. The van der Waals surface area contributed by atoms with Gasteiger partial charge in [0.25, 0.3) is 0 Å². The summed E-state index contributed by atoms with van der Waals surface area (Å²) in [5, 5.41) is 14.6. The molecule has 1 N–H and O–H groups in total. The van der Waals surface area contributed by atoms with Crippen LogP contribution in [0.2, 0.25) is 5.02 Å². The second-order valence-electron chi connectivity index (χ2n) is 3.88. The molecule has 0 aliphatic carbocycles. The fourth-order valence-corrected chi connectivity index (χ4v) is 1.90. The Bertz CT molecular complexity index is 553. The van der Waals surface area contributed by atoms with Crippen molar-refractivity contribution >= 4 is 11.6 Å². The number of hydrogen-bond acceptors (Lipinski definition) is 2. The van der Waals surface area contributed by atoms with Crippen LogP contribution in [0.15, 0.2) is 24.4 Å². The van der Waals surface area contributed by atoms with Crippen LogP contribution in [0.3, 0.4) is 0 Å². The molecule has 1 unspecified atom stereocenters. The average molecular weight is 255 g/mol. The van der Waals surface area contributed by atoms with Crippen LogP contribution < -0.4 is 0 Å². The van der Waals surface area contributed by atoms with Gasteiger partial charge in [-0.1, -0.05) is 11.6 Å². The maximum atomic E-state index is 13.1. The molecule has 0 fully saturated rings. The third kappa shape index (κ3) is 2.18. The number of nitrogens with zero attached hydrogens (tertiary/aromatic N) is 2. The first-order chi connectivity index (χ1) is 8.00.